The molecule has 1 aromatic heterocycles. The molecule has 2 aromatic rings. The van der Waals surface area contributed by atoms with Crippen LogP contribution in [0.2, 0.25) is 0 Å². The first-order chi connectivity index (χ1) is 15.7. The normalized spacial score (nSPS) is 17.0. The number of likely N-dealkylation sites (N-methyl/N-ethyl adjacent to an activating group) is 1. The number of nitrogens with one attached hydrogen (secondary N) is 3. The lowest BCUT2D eigenvalue weighted by Crippen LogP contribution is -2.57. The second-order valence-corrected chi connectivity index (χ2v) is 10.2. The molecule has 0 fully saturated rings. The minimum absolute atomic E-state index is 0. The highest BCUT2D eigenvalue weighted by Gasteiger charge is 2.40. The van der Waals surface area contributed by atoms with Gasteiger partial charge in [-0.05, 0) is 50.1 Å². The van der Waals surface area contributed by atoms with Crippen LogP contribution in [0.25, 0.3) is 0 Å². The summed E-state index contributed by atoms with van der Waals surface area (Å²) in [6, 6.07) is 10.0. The van der Waals surface area contributed by atoms with Gasteiger partial charge in [0.25, 0.3) is 5.91 Å². The number of halogens is 1. The van der Waals surface area contributed by atoms with E-state index in [1.807, 2.05) is 19.9 Å². The summed E-state index contributed by atoms with van der Waals surface area (Å²) < 4.78 is 28.1. The minimum Gasteiger partial charge on any atom is -0.343 e. The number of nitrogens with zero attached hydrogens (tertiary/aromatic N) is 2. The molecule has 3 rings (SSSR count). The molecule has 34 heavy (non-hydrogen) atoms. The fourth-order valence-corrected chi connectivity index (χ4v) is 4.83. The van der Waals surface area contributed by atoms with E-state index in [2.05, 4.69) is 20.3 Å². The Morgan fingerprint density at radius 1 is 1.12 bits per heavy atom. The van der Waals surface area contributed by atoms with Gasteiger partial charge < -0.3 is 10.6 Å². The fourth-order valence-electron chi connectivity index (χ4n) is 3.73. The molecule has 2 amide bonds. The van der Waals surface area contributed by atoms with Crippen LogP contribution in [0.3, 0.4) is 0 Å². The second kappa shape index (κ2) is 11.7. The zero-order valence-electron chi connectivity index (χ0n) is 19.7. The van der Waals surface area contributed by atoms with Gasteiger partial charge >= 0.3 is 0 Å². The van der Waals surface area contributed by atoms with Crippen LogP contribution in [0.15, 0.2) is 53.6 Å². The van der Waals surface area contributed by atoms with Crippen LogP contribution in [0.4, 0.5) is 5.82 Å². The van der Waals surface area contributed by atoms with Gasteiger partial charge in [0.05, 0.1) is 17.0 Å². The number of carbonyl (C=O) groups is 2. The number of aromatic nitrogens is 1. The standard InChI is InChI=1S/C23H31N5O4S.ClH/c1-15(2)20(27-22(29)16(3)24-4)23(30)28-18(13-17-9-8-12-25-21(17)28)14-26-33(31,32)19-10-6-5-7-11-19;/h5-12,15-16,18,20,24,26H,13-14H2,1-4H3,(H,27,29);1H/t16?,18?,20-;/m0./s1. The first kappa shape index (κ1) is 27.7. The Bertz CT molecular complexity index is 1100. The van der Waals surface area contributed by atoms with E-state index in [-0.39, 0.29) is 41.6 Å². The zero-order valence-corrected chi connectivity index (χ0v) is 21.3. The van der Waals surface area contributed by atoms with E-state index in [1.54, 1.807) is 44.4 Å². The number of sulfonamides is 1. The highest BCUT2D eigenvalue weighted by atomic mass is 35.5. The Morgan fingerprint density at radius 3 is 2.41 bits per heavy atom. The van der Waals surface area contributed by atoms with Crippen molar-refractivity contribution in [1.82, 2.24) is 20.3 Å². The van der Waals surface area contributed by atoms with Gasteiger partial charge in [-0.1, -0.05) is 38.1 Å². The molecule has 2 unspecified atom stereocenters. The van der Waals surface area contributed by atoms with Crippen molar-refractivity contribution >= 4 is 40.1 Å². The first-order valence-electron chi connectivity index (χ1n) is 10.9. The molecule has 0 bridgehead atoms. The molecule has 9 nitrogen and oxygen atoms in total. The molecule has 0 spiro atoms. The molecular weight excluding hydrogens is 478 g/mol. The molecule has 0 aliphatic carbocycles. The highest BCUT2D eigenvalue weighted by Crippen LogP contribution is 2.31. The van der Waals surface area contributed by atoms with E-state index < -0.39 is 28.1 Å². The summed E-state index contributed by atoms with van der Waals surface area (Å²) in [6.07, 6.45) is 2.06. The Kier molecular flexibility index (Phi) is 9.57. The number of hydrogen-bond acceptors (Lipinski definition) is 6. The van der Waals surface area contributed by atoms with Gasteiger partial charge in [-0.2, -0.15) is 0 Å². The SMILES string of the molecule is CNC(C)C(=O)N[C@H](C(=O)N1c2ncccc2CC1CNS(=O)(=O)c1ccccc1)C(C)C.Cl. The van der Waals surface area contributed by atoms with Crippen molar-refractivity contribution in [2.24, 2.45) is 5.92 Å². The Hall–Kier alpha value is -2.53. The van der Waals surface area contributed by atoms with E-state index in [4.69, 9.17) is 0 Å². The first-order valence-corrected chi connectivity index (χ1v) is 12.4. The second-order valence-electron chi connectivity index (χ2n) is 8.46. The topological polar surface area (TPSA) is 120 Å². The largest absolute Gasteiger partial charge is 0.343 e. The van der Waals surface area contributed by atoms with E-state index in [1.165, 1.54) is 17.0 Å². The third-order valence-corrected chi connectivity index (χ3v) is 7.21. The molecule has 1 aliphatic heterocycles. The van der Waals surface area contributed by atoms with Gasteiger partial charge in [-0.15, -0.1) is 12.4 Å². The molecule has 0 radical (unpaired) electrons. The summed E-state index contributed by atoms with van der Waals surface area (Å²) in [5, 5.41) is 5.70. The molecule has 1 aliphatic rings. The van der Waals surface area contributed by atoms with Crippen LogP contribution in [-0.4, -0.2) is 56.9 Å². The predicted octanol–water partition coefficient (Wildman–Crippen LogP) is 1.49. The van der Waals surface area contributed by atoms with Gasteiger partial charge in [-0.25, -0.2) is 18.1 Å². The van der Waals surface area contributed by atoms with Crippen LogP contribution >= 0.6 is 12.4 Å². The van der Waals surface area contributed by atoms with Crippen LogP contribution in [0, 0.1) is 5.92 Å². The van der Waals surface area contributed by atoms with E-state index in [9.17, 15) is 18.0 Å². The average molecular weight is 510 g/mol. The minimum atomic E-state index is -3.74. The van der Waals surface area contributed by atoms with E-state index in [0.717, 1.165) is 5.56 Å². The maximum Gasteiger partial charge on any atom is 0.251 e. The van der Waals surface area contributed by atoms with Gasteiger partial charge in [0.2, 0.25) is 15.9 Å². The molecule has 186 valence electrons. The number of pyridine rings is 1. The third-order valence-electron chi connectivity index (χ3n) is 5.77. The Balaban J connectivity index is 0.00000408. The summed E-state index contributed by atoms with van der Waals surface area (Å²) in [7, 11) is -2.07. The van der Waals surface area contributed by atoms with Crippen molar-refractivity contribution in [3.63, 3.8) is 0 Å². The molecule has 0 saturated heterocycles. The lowest BCUT2D eigenvalue weighted by Gasteiger charge is -2.31. The number of fused-ring (bicyclic) bond motifs is 1. The van der Waals surface area contributed by atoms with Crippen molar-refractivity contribution in [2.75, 3.05) is 18.5 Å². The lowest BCUT2D eigenvalue weighted by molar-refractivity contribution is -0.129. The summed E-state index contributed by atoms with van der Waals surface area (Å²) >= 11 is 0. The fraction of sp³-hybridized carbons (Fsp3) is 0.435. The summed E-state index contributed by atoms with van der Waals surface area (Å²) in [5.41, 5.74) is 0.854. The molecular formula is C23H32ClN5O4S. The Morgan fingerprint density at radius 2 is 1.79 bits per heavy atom. The number of carbonyl (C=O) groups excluding carboxylic acids is 2. The number of rotatable bonds is 9. The summed E-state index contributed by atoms with van der Waals surface area (Å²) in [4.78, 5) is 32.2. The maximum atomic E-state index is 13.7. The van der Waals surface area contributed by atoms with Crippen LogP contribution in [0.1, 0.15) is 26.3 Å². The van der Waals surface area contributed by atoms with E-state index in [0.29, 0.717) is 12.2 Å². The molecule has 3 atom stereocenters. The number of benzene rings is 1. The van der Waals surface area contributed by atoms with E-state index >= 15 is 0 Å². The molecule has 0 saturated carbocycles. The molecule has 11 heteroatoms. The number of anilines is 1. The highest BCUT2D eigenvalue weighted by molar-refractivity contribution is 7.89. The maximum absolute atomic E-state index is 13.7. The summed E-state index contributed by atoms with van der Waals surface area (Å²) in [6.45, 7) is 5.45. The Labute approximate surface area is 207 Å². The van der Waals surface area contributed by atoms with Crippen molar-refractivity contribution in [2.45, 2.75) is 50.2 Å². The average Bonchev–Trinajstić information content (AvgIpc) is 3.19. The van der Waals surface area contributed by atoms with Gasteiger partial charge in [0.15, 0.2) is 0 Å². The molecule has 2 heterocycles. The van der Waals surface area contributed by atoms with Gasteiger partial charge in [0.1, 0.15) is 11.9 Å². The number of hydrogen-bond donors (Lipinski definition) is 3. The van der Waals surface area contributed by atoms with Crippen molar-refractivity contribution in [1.29, 1.82) is 0 Å². The molecule has 1 aromatic carbocycles. The molecule has 3 N–H and O–H groups in total. The van der Waals surface area contributed by atoms with Crippen LogP contribution in [0.5, 0.6) is 0 Å². The summed E-state index contributed by atoms with van der Waals surface area (Å²) in [5.74, 6) is -0.290. The monoisotopic (exact) mass is 509 g/mol. The van der Waals surface area contributed by atoms with Crippen LogP contribution in [-0.2, 0) is 26.0 Å². The third kappa shape index (κ3) is 6.12. The van der Waals surface area contributed by atoms with Crippen LogP contribution < -0.4 is 20.3 Å². The zero-order chi connectivity index (χ0) is 24.2. The lowest BCUT2D eigenvalue weighted by atomic mass is 10.0. The van der Waals surface area contributed by atoms with Crippen molar-refractivity contribution < 1.29 is 18.0 Å². The predicted molar refractivity (Wildman–Crippen MR) is 133 cm³/mol. The van der Waals surface area contributed by atoms with Crippen molar-refractivity contribution in [3.8, 4) is 0 Å². The smallest absolute Gasteiger partial charge is 0.251 e. The number of amides is 2. The van der Waals surface area contributed by atoms with Crippen molar-refractivity contribution in [3.05, 3.63) is 54.2 Å². The van der Waals surface area contributed by atoms with Gasteiger partial charge in [-0.3, -0.25) is 14.5 Å². The van der Waals surface area contributed by atoms with Gasteiger partial charge in [0, 0.05) is 12.7 Å². The quantitative estimate of drug-likeness (QED) is 0.471.